The minimum absolute atomic E-state index is 0.272. The van der Waals surface area contributed by atoms with Crippen LogP contribution in [0.1, 0.15) is 251 Å². The number of hydrogen-bond acceptors (Lipinski definition) is 15. The van der Waals surface area contributed by atoms with Gasteiger partial charge in [-0.1, -0.05) is 244 Å². The summed E-state index contributed by atoms with van der Waals surface area (Å²) in [7, 11) is 8.19. The molecular weight excluding hydrogens is 1670 g/mol. The highest BCUT2D eigenvalue weighted by Gasteiger charge is 2.25. The molecule has 0 spiro atoms. The third kappa shape index (κ3) is 33.4. The molecule has 0 aliphatic rings. The molecule has 11 aromatic rings. The third-order valence-electron chi connectivity index (χ3n) is 23.1. The van der Waals surface area contributed by atoms with Crippen LogP contribution < -0.4 is 52.1 Å². The molecule has 0 aliphatic heterocycles. The van der Waals surface area contributed by atoms with Gasteiger partial charge < -0.3 is 56.8 Å². The van der Waals surface area contributed by atoms with Gasteiger partial charge >= 0.3 is 5.97 Å². The molecule has 0 saturated heterocycles. The van der Waals surface area contributed by atoms with E-state index in [-0.39, 0.29) is 12.5 Å². The summed E-state index contributed by atoms with van der Waals surface area (Å²) in [5.74, 6) is 42.1. The second-order valence-corrected chi connectivity index (χ2v) is 33.0. The number of carbonyl (C=O) groups excluding carboxylic acids is 1. The first kappa shape index (κ1) is 100. The standard InChI is InChI=1S/C119H124N2O13/c1-8-90(2)89-134-116-86-102(85-115(130-81-29-23-17-11-9-15-21-27-79-128-108-70-56-100(57-71-108)98-52-33-96(87-120)34-53-98)118(116)132-83-31-25-19-12-10-16-22-28-80-129-109-72-58-101(59-73-109)99-54-35-97(88-121)36-55-99)119(122)133-84-32-26-20-14-13-18-24-30-82-131-117-113(77-50-94-43-66-106(126-6)67-44-94)111(75-48-92-39-62-104(124-4)63-40-92)110(74-47-91-37-60-103(123-3)61-38-91)112(76-49-93-41-64-105(125-5)65-42-93)114(117)78-51-95-45-68-107(127-7)69-46-95/h33-46,52-73,85-86,90H,8-32,79-84,89H2,1-7H3/t90-/m0/s1. The van der Waals surface area contributed by atoms with E-state index in [0.29, 0.717) is 136 Å². The molecule has 15 heteroatoms. The SMILES string of the molecule is CC[C@H](C)COc1cc(C(=O)OCCCCCCCCCCOc2c(C#Cc3ccc(OC)cc3)c(C#Cc3ccc(OC)cc3)c(C#Cc3ccc(OC)cc3)c(C#Cc3ccc(OC)cc3)c2C#Cc2ccc(OC)cc2)cc(OCCCCCCCCCCOc2ccc(-c3ccc(C#N)cc3)cc2)c1OCCCCCCCCCCOc1ccc(-c2ccc(C#N)cc2)cc1. The van der Waals surface area contributed by atoms with Crippen molar-refractivity contribution in [3.05, 3.63) is 303 Å². The largest absolute Gasteiger partial charge is 0.497 e. The Morgan fingerprint density at radius 2 is 0.500 bits per heavy atom. The van der Waals surface area contributed by atoms with Crippen LogP contribution in [-0.2, 0) is 4.74 Å². The number of hydrogen-bond donors (Lipinski definition) is 0. The minimum Gasteiger partial charge on any atom is -0.497 e. The van der Waals surface area contributed by atoms with Crippen LogP contribution in [0.25, 0.3) is 22.3 Å². The molecule has 11 rings (SSSR count). The molecule has 0 aliphatic carbocycles. The van der Waals surface area contributed by atoms with Crippen molar-refractivity contribution in [2.75, 3.05) is 81.8 Å². The van der Waals surface area contributed by atoms with Crippen LogP contribution in [0.4, 0.5) is 0 Å². The quantitative estimate of drug-likeness (QED) is 0.0200. The van der Waals surface area contributed by atoms with E-state index in [1.165, 1.54) is 6.42 Å². The van der Waals surface area contributed by atoms with E-state index in [1.807, 2.05) is 194 Å². The molecular formula is C119H124N2O13. The average Bonchev–Trinajstić information content (AvgIpc) is 0.759. The van der Waals surface area contributed by atoms with Gasteiger partial charge in [0, 0.05) is 27.8 Å². The molecule has 134 heavy (non-hydrogen) atoms. The summed E-state index contributed by atoms with van der Waals surface area (Å²) >= 11 is 0. The van der Waals surface area contributed by atoms with Gasteiger partial charge in [0.15, 0.2) is 17.2 Å². The molecule has 0 unspecified atom stereocenters. The lowest BCUT2D eigenvalue weighted by molar-refractivity contribution is 0.0496. The highest BCUT2D eigenvalue weighted by molar-refractivity contribution is 5.91. The average molecular weight is 1790 g/mol. The van der Waals surface area contributed by atoms with Gasteiger partial charge in [0.2, 0.25) is 5.75 Å². The van der Waals surface area contributed by atoms with Crippen LogP contribution in [0.5, 0.6) is 63.2 Å². The van der Waals surface area contributed by atoms with Gasteiger partial charge in [0.05, 0.1) is 138 Å². The Kier molecular flexibility index (Phi) is 42.5. The van der Waals surface area contributed by atoms with Gasteiger partial charge in [-0.2, -0.15) is 10.5 Å². The summed E-state index contributed by atoms with van der Waals surface area (Å²) in [6, 6.07) is 77.5. The molecule has 0 fully saturated rings. The van der Waals surface area contributed by atoms with E-state index in [0.717, 1.165) is 216 Å². The van der Waals surface area contributed by atoms with Crippen LogP contribution in [-0.4, -0.2) is 87.8 Å². The van der Waals surface area contributed by atoms with Crippen molar-refractivity contribution in [2.24, 2.45) is 5.92 Å². The molecule has 0 aromatic heterocycles. The smallest absolute Gasteiger partial charge is 0.338 e. The zero-order valence-corrected chi connectivity index (χ0v) is 78.8. The van der Waals surface area contributed by atoms with E-state index < -0.39 is 5.97 Å². The zero-order chi connectivity index (χ0) is 93.8. The molecule has 11 aromatic carbocycles. The van der Waals surface area contributed by atoms with Crippen LogP contribution in [0.2, 0.25) is 0 Å². The van der Waals surface area contributed by atoms with Gasteiger partial charge in [-0.05, 0) is 249 Å². The van der Waals surface area contributed by atoms with E-state index in [2.05, 4.69) is 109 Å². The molecule has 0 bridgehead atoms. The normalized spacial score (nSPS) is 10.7. The van der Waals surface area contributed by atoms with Gasteiger partial charge in [-0.15, -0.1) is 0 Å². The van der Waals surface area contributed by atoms with Gasteiger partial charge in [-0.25, -0.2) is 4.79 Å². The molecule has 1 atom stereocenters. The second kappa shape index (κ2) is 56.9. The number of benzene rings is 11. The predicted octanol–water partition coefficient (Wildman–Crippen LogP) is 26.7. The number of rotatable bonds is 50. The lowest BCUT2D eigenvalue weighted by Gasteiger charge is -2.20. The molecule has 688 valence electrons. The summed E-state index contributed by atoms with van der Waals surface area (Å²) in [6.07, 6.45) is 25.3. The highest BCUT2D eigenvalue weighted by atomic mass is 16.5. The minimum atomic E-state index is -0.421. The zero-order valence-electron chi connectivity index (χ0n) is 78.8. The number of carbonyl (C=O) groups is 1. The van der Waals surface area contributed by atoms with Gasteiger partial charge in [-0.3, -0.25) is 0 Å². The maximum atomic E-state index is 14.2. The Balaban J connectivity index is 0.713. The van der Waals surface area contributed by atoms with Crippen LogP contribution in [0, 0.1) is 87.8 Å². The van der Waals surface area contributed by atoms with Crippen LogP contribution in [0.15, 0.2) is 231 Å². The van der Waals surface area contributed by atoms with Crippen molar-refractivity contribution in [1.82, 2.24) is 0 Å². The van der Waals surface area contributed by atoms with Crippen LogP contribution >= 0.6 is 0 Å². The summed E-state index contributed by atoms with van der Waals surface area (Å²) in [5.41, 5.74) is 12.3. The third-order valence-corrected chi connectivity index (χ3v) is 23.1. The van der Waals surface area contributed by atoms with Crippen molar-refractivity contribution in [3.63, 3.8) is 0 Å². The fraction of sp³-hybridized carbons (Fsp3) is 0.336. The Bertz CT molecular complexity index is 5740. The van der Waals surface area contributed by atoms with Crippen molar-refractivity contribution in [2.45, 2.75) is 174 Å². The fourth-order valence-electron chi connectivity index (χ4n) is 14.8. The number of unbranched alkanes of at least 4 members (excludes halogenated alkanes) is 21. The molecule has 0 N–H and O–H groups in total. The first-order valence-electron chi connectivity index (χ1n) is 47.3. The number of methoxy groups -OCH3 is 5. The monoisotopic (exact) mass is 1790 g/mol. The molecule has 0 radical (unpaired) electrons. The lowest BCUT2D eigenvalue weighted by atomic mass is 9.89. The Morgan fingerprint density at radius 3 is 0.799 bits per heavy atom. The van der Waals surface area contributed by atoms with E-state index in [1.54, 1.807) is 47.7 Å². The summed E-state index contributed by atoms with van der Waals surface area (Å²) in [4.78, 5) is 14.2. The molecule has 15 nitrogen and oxygen atoms in total. The van der Waals surface area contributed by atoms with Crippen molar-refractivity contribution in [1.29, 1.82) is 10.5 Å². The number of ether oxygens (including phenoxy) is 12. The maximum Gasteiger partial charge on any atom is 0.338 e. The first-order valence-corrected chi connectivity index (χ1v) is 47.3. The Labute approximate surface area is 795 Å². The fourth-order valence-corrected chi connectivity index (χ4v) is 14.8. The van der Waals surface area contributed by atoms with Crippen LogP contribution in [0.3, 0.4) is 0 Å². The Hall–Kier alpha value is -14.5. The van der Waals surface area contributed by atoms with E-state index in [9.17, 15) is 15.3 Å². The summed E-state index contributed by atoms with van der Waals surface area (Å²) < 4.78 is 73.0. The van der Waals surface area contributed by atoms with Crippen molar-refractivity contribution < 1.29 is 61.6 Å². The van der Waals surface area contributed by atoms with E-state index >= 15 is 0 Å². The molecule has 0 saturated carbocycles. The highest BCUT2D eigenvalue weighted by Crippen LogP contribution is 2.41. The topological polar surface area (TPSA) is 175 Å². The Morgan fingerprint density at radius 1 is 0.261 bits per heavy atom. The first-order chi connectivity index (χ1) is 65.9. The molecule has 0 heterocycles. The summed E-state index contributed by atoms with van der Waals surface area (Å²) in [5, 5.41) is 18.4. The number of esters is 1. The second-order valence-electron chi connectivity index (χ2n) is 33.0. The lowest BCUT2D eigenvalue weighted by Crippen LogP contribution is -2.12. The summed E-state index contributed by atoms with van der Waals surface area (Å²) in [6.45, 7) is 7.71. The maximum absolute atomic E-state index is 14.2. The molecule has 0 amide bonds. The van der Waals surface area contributed by atoms with Gasteiger partial charge in [0.25, 0.3) is 0 Å². The predicted molar refractivity (Wildman–Crippen MR) is 534 cm³/mol. The number of nitriles is 2. The van der Waals surface area contributed by atoms with Crippen molar-refractivity contribution >= 4 is 5.97 Å². The van der Waals surface area contributed by atoms with Crippen molar-refractivity contribution in [3.8, 4) is 157 Å². The van der Waals surface area contributed by atoms with Gasteiger partial charge in [0.1, 0.15) is 40.2 Å². The van der Waals surface area contributed by atoms with E-state index in [4.69, 9.17) is 56.8 Å². The number of nitrogens with zero attached hydrogens (tertiary/aromatic N) is 2.